The van der Waals surface area contributed by atoms with Gasteiger partial charge in [-0.3, -0.25) is 4.79 Å². The fourth-order valence-corrected chi connectivity index (χ4v) is 7.28. The lowest BCUT2D eigenvalue weighted by Crippen LogP contribution is -2.44. The minimum atomic E-state index is -4.84. The number of likely N-dealkylation sites (tertiary alicyclic amines) is 1. The first kappa shape index (κ1) is 32.5. The van der Waals surface area contributed by atoms with E-state index < -0.39 is 56.3 Å². The maximum absolute atomic E-state index is 13.7. The fourth-order valence-electron chi connectivity index (χ4n) is 4.04. The van der Waals surface area contributed by atoms with Gasteiger partial charge in [0.15, 0.2) is 5.01 Å². The summed E-state index contributed by atoms with van der Waals surface area (Å²) < 4.78 is 86.3. The number of benzene rings is 1. The number of hydrogen-bond acceptors (Lipinski definition) is 9. The van der Waals surface area contributed by atoms with E-state index in [1.54, 1.807) is 4.72 Å². The first-order valence-electron chi connectivity index (χ1n) is 12.5. The number of nitrogens with zero attached hydrogens (tertiary/aromatic N) is 4. The summed E-state index contributed by atoms with van der Waals surface area (Å²) >= 11 is 13.6. The number of aromatic nitrogens is 3. The van der Waals surface area contributed by atoms with E-state index in [9.17, 15) is 35.9 Å². The molecule has 0 radical (unpaired) electrons. The predicted octanol–water partition coefficient (Wildman–Crippen LogP) is 5.59. The third kappa shape index (κ3) is 6.73. The molecular weight excluding hydrogens is 649 g/mol. The standard InChI is InChI=1S/C24H25Cl2F4N5O5S2/c1-4-14(24(28,29)30)34-42(38,39)13-6-5-12(15(25)16(13)26)18-17(21(36)35-9-7-11(27)8-10-35)31-20(41-18)19-32-33-22(40-19)23(2,3)37/h5-6,11,14,34,37H,4,7-10H2,1-3H3/t14-/m0/s1. The van der Waals surface area contributed by atoms with Crippen LogP contribution >= 0.6 is 34.5 Å². The van der Waals surface area contributed by atoms with E-state index in [0.29, 0.717) is 0 Å². The van der Waals surface area contributed by atoms with Gasteiger partial charge in [-0.1, -0.05) is 36.2 Å². The molecule has 1 aliphatic rings. The normalized spacial score (nSPS) is 16.2. The van der Waals surface area contributed by atoms with Gasteiger partial charge < -0.3 is 14.4 Å². The zero-order valence-corrected chi connectivity index (χ0v) is 25.4. The van der Waals surface area contributed by atoms with Crippen LogP contribution in [0.2, 0.25) is 10.0 Å². The Hall–Kier alpha value is -2.37. The molecule has 4 rings (SSSR count). The first-order valence-corrected chi connectivity index (χ1v) is 15.6. The molecule has 2 N–H and O–H groups in total. The van der Waals surface area contributed by atoms with Gasteiger partial charge in [-0.2, -0.15) is 17.9 Å². The van der Waals surface area contributed by atoms with Crippen molar-refractivity contribution < 1.29 is 40.3 Å². The first-order chi connectivity index (χ1) is 19.4. The molecule has 230 valence electrons. The zero-order chi connectivity index (χ0) is 31.2. The Kier molecular flexibility index (Phi) is 9.27. The number of carbonyl (C=O) groups excluding carboxylic acids is 1. The lowest BCUT2D eigenvalue weighted by molar-refractivity contribution is -0.151. The van der Waals surface area contributed by atoms with E-state index in [1.165, 1.54) is 31.7 Å². The van der Waals surface area contributed by atoms with Crippen molar-refractivity contribution in [3.8, 4) is 21.3 Å². The molecule has 0 spiro atoms. The van der Waals surface area contributed by atoms with E-state index >= 15 is 0 Å². The Labute approximate surface area is 252 Å². The van der Waals surface area contributed by atoms with Gasteiger partial charge in [0.05, 0.1) is 14.9 Å². The van der Waals surface area contributed by atoms with Crippen LogP contribution in [0.25, 0.3) is 21.3 Å². The van der Waals surface area contributed by atoms with Crippen molar-refractivity contribution in [3.63, 3.8) is 0 Å². The number of alkyl halides is 4. The van der Waals surface area contributed by atoms with Crippen LogP contribution in [0.3, 0.4) is 0 Å². The summed E-state index contributed by atoms with van der Waals surface area (Å²) in [7, 11) is -4.77. The summed E-state index contributed by atoms with van der Waals surface area (Å²) in [6.45, 7) is 4.24. The minimum Gasteiger partial charge on any atom is -0.415 e. The summed E-state index contributed by atoms with van der Waals surface area (Å²) in [5, 5.41) is 17.0. The van der Waals surface area contributed by atoms with Crippen LogP contribution in [0, 0.1) is 0 Å². The van der Waals surface area contributed by atoms with Crippen LogP contribution < -0.4 is 4.72 Å². The summed E-state index contributed by atoms with van der Waals surface area (Å²) in [5.41, 5.74) is -1.57. The lowest BCUT2D eigenvalue weighted by Gasteiger charge is -2.28. The molecule has 1 aliphatic heterocycles. The molecule has 18 heteroatoms. The highest BCUT2D eigenvalue weighted by Crippen LogP contribution is 2.44. The summed E-state index contributed by atoms with van der Waals surface area (Å²) in [5.74, 6) is -0.842. The molecule has 3 aromatic rings. The number of amides is 1. The average molecular weight is 675 g/mol. The van der Waals surface area contributed by atoms with E-state index in [2.05, 4.69) is 15.2 Å². The van der Waals surface area contributed by atoms with Gasteiger partial charge in [0.2, 0.25) is 15.9 Å². The number of rotatable bonds is 8. The fraction of sp³-hybridized carbons (Fsp3) is 0.500. The minimum absolute atomic E-state index is 0.0539. The Morgan fingerprint density at radius 3 is 2.40 bits per heavy atom. The second kappa shape index (κ2) is 12.0. The molecule has 2 aromatic heterocycles. The van der Waals surface area contributed by atoms with E-state index in [0.717, 1.165) is 17.4 Å². The molecule has 0 unspecified atom stereocenters. The Balaban J connectivity index is 1.80. The van der Waals surface area contributed by atoms with E-state index in [-0.39, 0.29) is 63.9 Å². The van der Waals surface area contributed by atoms with Gasteiger partial charge in [0.1, 0.15) is 28.4 Å². The van der Waals surface area contributed by atoms with E-state index in [1.807, 2.05) is 0 Å². The Bertz CT molecular complexity index is 1580. The smallest absolute Gasteiger partial charge is 0.404 e. The van der Waals surface area contributed by atoms with Gasteiger partial charge in [-0.25, -0.2) is 17.8 Å². The van der Waals surface area contributed by atoms with Crippen molar-refractivity contribution in [1.29, 1.82) is 0 Å². The molecule has 0 aliphatic carbocycles. The van der Waals surface area contributed by atoms with Gasteiger partial charge in [0, 0.05) is 18.7 Å². The number of carbonyl (C=O) groups is 1. The van der Waals surface area contributed by atoms with Crippen LogP contribution in [-0.4, -0.2) is 71.0 Å². The second-order valence-corrected chi connectivity index (χ2v) is 13.4. The predicted molar refractivity (Wildman–Crippen MR) is 147 cm³/mol. The highest BCUT2D eigenvalue weighted by molar-refractivity contribution is 7.89. The Morgan fingerprint density at radius 2 is 1.86 bits per heavy atom. The summed E-state index contributed by atoms with van der Waals surface area (Å²) in [6.07, 6.45) is -6.22. The van der Waals surface area contributed by atoms with Crippen LogP contribution in [0.4, 0.5) is 17.6 Å². The quantitative estimate of drug-likeness (QED) is 0.295. The van der Waals surface area contributed by atoms with Gasteiger partial charge in [-0.05, 0) is 39.2 Å². The SMILES string of the molecule is CC[C@H](NS(=O)(=O)c1ccc(-c2sc(-c3nnc(C(C)(C)O)o3)nc2C(=O)N2CCC(F)CC2)c(Cl)c1Cl)C(F)(F)F. The molecule has 1 fully saturated rings. The van der Waals surface area contributed by atoms with Crippen molar-refractivity contribution >= 4 is 50.5 Å². The third-order valence-electron chi connectivity index (χ3n) is 6.35. The maximum Gasteiger partial charge on any atom is 0.404 e. The number of piperidine rings is 1. The van der Waals surface area contributed by atoms with E-state index in [4.69, 9.17) is 27.6 Å². The molecule has 42 heavy (non-hydrogen) atoms. The highest BCUT2D eigenvalue weighted by Gasteiger charge is 2.41. The number of halogens is 6. The van der Waals surface area contributed by atoms with Crippen molar-refractivity contribution in [3.05, 3.63) is 33.8 Å². The van der Waals surface area contributed by atoms with Crippen molar-refractivity contribution in [2.24, 2.45) is 0 Å². The number of thiazole rings is 1. The number of sulfonamides is 1. The molecule has 3 heterocycles. The van der Waals surface area contributed by atoms with Gasteiger partial charge in [-0.15, -0.1) is 21.5 Å². The molecule has 1 amide bonds. The average Bonchev–Trinajstić information content (AvgIpc) is 3.56. The third-order valence-corrected chi connectivity index (χ3v) is 9.94. The largest absolute Gasteiger partial charge is 0.415 e. The van der Waals surface area contributed by atoms with Crippen LogP contribution in [-0.2, 0) is 15.6 Å². The van der Waals surface area contributed by atoms with Crippen molar-refractivity contribution in [2.45, 2.75) is 68.9 Å². The highest BCUT2D eigenvalue weighted by atomic mass is 35.5. The number of aliphatic hydroxyl groups is 1. The number of nitrogens with one attached hydrogen (secondary N) is 1. The van der Waals surface area contributed by atoms with Crippen LogP contribution in [0.5, 0.6) is 0 Å². The summed E-state index contributed by atoms with van der Waals surface area (Å²) in [4.78, 5) is 18.7. The zero-order valence-electron chi connectivity index (χ0n) is 22.3. The Morgan fingerprint density at radius 1 is 1.21 bits per heavy atom. The molecular formula is C24H25Cl2F4N5O5S2. The second-order valence-electron chi connectivity index (χ2n) is 10.00. The lowest BCUT2D eigenvalue weighted by atomic mass is 10.1. The number of hydrogen-bond donors (Lipinski definition) is 2. The van der Waals surface area contributed by atoms with Gasteiger partial charge in [0.25, 0.3) is 11.8 Å². The van der Waals surface area contributed by atoms with Crippen LogP contribution in [0.15, 0.2) is 21.4 Å². The molecule has 0 bridgehead atoms. The van der Waals surface area contributed by atoms with Crippen molar-refractivity contribution in [1.82, 2.24) is 24.8 Å². The maximum atomic E-state index is 13.7. The van der Waals surface area contributed by atoms with Gasteiger partial charge >= 0.3 is 6.18 Å². The molecule has 1 aromatic carbocycles. The van der Waals surface area contributed by atoms with Crippen LogP contribution in [0.1, 0.15) is 56.4 Å². The molecule has 1 atom stereocenters. The molecule has 0 saturated carbocycles. The molecule has 10 nitrogen and oxygen atoms in total. The van der Waals surface area contributed by atoms with Crippen molar-refractivity contribution in [2.75, 3.05) is 13.1 Å². The molecule has 1 saturated heterocycles. The topological polar surface area (TPSA) is 139 Å². The summed E-state index contributed by atoms with van der Waals surface area (Å²) in [6, 6.07) is -0.201. The monoisotopic (exact) mass is 673 g/mol.